The Hall–Kier alpha value is -2.00. The summed E-state index contributed by atoms with van der Waals surface area (Å²) in [7, 11) is 0. The van der Waals surface area contributed by atoms with Gasteiger partial charge in [-0.15, -0.1) is 0 Å². The third kappa shape index (κ3) is 3.19. The van der Waals surface area contributed by atoms with Crippen molar-refractivity contribution in [2.75, 3.05) is 6.61 Å². The fourth-order valence-electron chi connectivity index (χ4n) is 2.51. The molecule has 0 aromatic heterocycles. The van der Waals surface area contributed by atoms with Gasteiger partial charge in [-0.2, -0.15) is 0 Å². The smallest absolute Gasteiger partial charge is 0.161 e. The quantitative estimate of drug-likeness (QED) is 0.938. The molecule has 0 bridgehead atoms. The van der Waals surface area contributed by atoms with Gasteiger partial charge in [0.05, 0.1) is 6.10 Å². The van der Waals surface area contributed by atoms with Crippen LogP contribution in [0.5, 0.6) is 11.5 Å². The Bertz CT molecular complexity index is 592. The van der Waals surface area contributed by atoms with Crippen LogP contribution in [-0.4, -0.2) is 23.9 Å². The fourth-order valence-corrected chi connectivity index (χ4v) is 2.51. The van der Waals surface area contributed by atoms with E-state index in [0.717, 1.165) is 17.7 Å². The first-order chi connectivity index (χ1) is 10.3. The number of hydrogen-bond acceptors (Lipinski definition) is 3. The van der Waals surface area contributed by atoms with E-state index in [-0.39, 0.29) is 6.10 Å². The average molecular weight is 284 g/mol. The Balaban J connectivity index is 1.64. The van der Waals surface area contributed by atoms with Crippen molar-refractivity contribution in [2.24, 2.45) is 0 Å². The average Bonchev–Trinajstić information content (AvgIpc) is 2.55. The normalized spacial score (nSPS) is 18.3. The SMILES string of the molecule is CCc1ccc(CC(O)C2COc3ccccc3O2)cc1. The van der Waals surface area contributed by atoms with E-state index < -0.39 is 6.10 Å². The lowest BCUT2D eigenvalue weighted by Crippen LogP contribution is -2.40. The van der Waals surface area contributed by atoms with Crippen LogP contribution in [-0.2, 0) is 12.8 Å². The molecule has 0 aliphatic carbocycles. The van der Waals surface area contributed by atoms with Gasteiger partial charge < -0.3 is 14.6 Å². The summed E-state index contributed by atoms with van der Waals surface area (Å²) in [5.41, 5.74) is 2.42. The molecule has 1 aliphatic rings. The van der Waals surface area contributed by atoms with Crippen molar-refractivity contribution in [3.8, 4) is 11.5 Å². The van der Waals surface area contributed by atoms with Crippen molar-refractivity contribution < 1.29 is 14.6 Å². The minimum absolute atomic E-state index is 0.328. The van der Waals surface area contributed by atoms with E-state index in [1.807, 2.05) is 24.3 Å². The Morgan fingerprint density at radius 1 is 1.05 bits per heavy atom. The molecule has 2 unspecified atom stereocenters. The second-order valence-corrected chi connectivity index (χ2v) is 5.36. The summed E-state index contributed by atoms with van der Waals surface area (Å²) in [6.07, 6.45) is 0.691. The van der Waals surface area contributed by atoms with Crippen molar-refractivity contribution in [2.45, 2.75) is 32.0 Å². The minimum Gasteiger partial charge on any atom is -0.486 e. The third-order valence-corrected chi connectivity index (χ3v) is 3.84. The first-order valence-corrected chi connectivity index (χ1v) is 7.40. The van der Waals surface area contributed by atoms with Crippen molar-refractivity contribution >= 4 is 0 Å². The van der Waals surface area contributed by atoms with Gasteiger partial charge in [0.2, 0.25) is 0 Å². The van der Waals surface area contributed by atoms with Crippen LogP contribution < -0.4 is 9.47 Å². The first-order valence-electron chi connectivity index (χ1n) is 7.40. The first kappa shape index (κ1) is 14.0. The van der Waals surface area contributed by atoms with E-state index in [9.17, 15) is 5.11 Å². The molecule has 110 valence electrons. The number of aliphatic hydroxyl groups is 1. The van der Waals surface area contributed by atoms with E-state index in [1.165, 1.54) is 5.56 Å². The standard InChI is InChI=1S/C18H20O3/c1-2-13-7-9-14(10-8-13)11-15(19)18-12-20-16-5-3-4-6-17(16)21-18/h3-10,15,18-19H,2,11-12H2,1H3. The predicted octanol–water partition coefficient (Wildman–Crippen LogP) is 2.99. The van der Waals surface area contributed by atoms with Crippen LogP contribution in [0.25, 0.3) is 0 Å². The highest BCUT2D eigenvalue weighted by molar-refractivity contribution is 5.40. The van der Waals surface area contributed by atoms with Gasteiger partial charge in [-0.1, -0.05) is 43.3 Å². The highest BCUT2D eigenvalue weighted by Gasteiger charge is 2.27. The van der Waals surface area contributed by atoms with Crippen molar-refractivity contribution in [3.63, 3.8) is 0 Å². The van der Waals surface area contributed by atoms with Crippen LogP contribution in [0.3, 0.4) is 0 Å². The summed E-state index contributed by atoms with van der Waals surface area (Å²) in [5.74, 6) is 1.45. The van der Waals surface area contributed by atoms with Crippen molar-refractivity contribution in [3.05, 3.63) is 59.7 Å². The zero-order valence-electron chi connectivity index (χ0n) is 12.2. The maximum atomic E-state index is 10.4. The fraction of sp³-hybridized carbons (Fsp3) is 0.333. The molecule has 0 fully saturated rings. The Labute approximate surface area is 125 Å². The summed E-state index contributed by atoms with van der Waals surface area (Å²) in [5, 5.41) is 10.4. The number of aliphatic hydroxyl groups excluding tert-OH is 1. The molecule has 1 aliphatic heterocycles. The van der Waals surface area contributed by atoms with Crippen LogP contribution in [0.15, 0.2) is 48.5 Å². The maximum absolute atomic E-state index is 10.4. The molecule has 0 amide bonds. The highest BCUT2D eigenvalue weighted by Crippen LogP contribution is 2.31. The summed E-state index contributed by atoms with van der Waals surface area (Å²) >= 11 is 0. The predicted molar refractivity (Wildman–Crippen MR) is 81.9 cm³/mol. The van der Waals surface area contributed by atoms with Gasteiger partial charge in [-0.05, 0) is 29.7 Å². The van der Waals surface area contributed by atoms with E-state index >= 15 is 0 Å². The molecule has 21 heavy (non-hydrogen) atoms. The number of aryl methyl sites for hydroxylation is 1. The number of fused-ring (bicyclic) bond motifs is 1. The lowest BCUT2D eigenvalue weighted by atomic mass is 10.0. The van der Waals surface area contributed by atoms with Crippen LogP contribution in [0.4, 0.5) is 0 Å². The summed E-state index contributed by atoms with van der Waals surface area (Å²) in [6.45, 7) is 2.51. The molecule has 2 aromatic rings. The minimum atomic E-state index is -0.578. The van der Waals surface area contributed by atoms with Gasteiger partial charge in [0.15, 0.2) is 17.6 Å². The Kier molecular flexibility index (Phi) is 4.11. The lowest BCUT2D eigenvalue weighted by molar-refractivity contribution is -0.00941. The zero-order valence-corrected chi connectivity index (χ0v) is 12.2. The molecule has 2 atom stereocenters. The van der Waals surface area contributed by atoms with E-state index in [4.69, 9.17) is 9.47 Å². The van der Waals surface area contributed by atoms with Crippen LogP contribution in [0.2, 0.25) is 0 Å². The van der Waals surface area contributed by atoms with Crippen LogP contribution in [0, 0.1) is 0 Å². The Morgan fingerprint density at radius 2 is 1.71 bits per heavy atom. The van der Waals surface area contributed by atoms with Crippen LogP contribution >= 0.6 is 0 Å². The molecule has 0 spiro atoms. The van der Waals surface area contributed by atoms with E-state index in [2.05, 4.69) is 31.2 Å². The number of rotatable bonds is 4. The van der Waals surface area contributed by atoms with E-state index in [1.54, 1.807) is 0 Å². The number of para-hydroxylation sites is 2. The van der Waals surface area contributed by atoms with Gasteiger partial charge >= 0.3 is 0 Å². The highest BCUT2D eigenvalue weighted by atomic mass is 16.6. The molecule has 1 heterocycles. The number of ether oxygens (including phenoxy) is 2. The molecule has 3 rings (SSSR count). The second kappa shape index (κ2) is 6.19. The summed E-state index contributed by atoms with van der Waals surface area (Å²) in [4.78, 5) is 0. The summed E-state index contributed by atoms with van der Waals surface area (Å²) in [6, 6.07) is 15.9. The third-order valence-electron chi connectivity index (χ3n) is 3.84. The molecule has 3 nitrogen and oxygen atoms in total. The topological polar surface area (TPSA) is 38.7 Å². The number of benzene rings is 2. The van der Waals surface area contributed by atoms with Gasteiger partial charge in [-0.3, -0.25) is 0 Å². The van der Waals surface area contributed by atoms with Gasteiger partial charge in [-0.25, -0.2) is 0 Å². The maximum Gasteiger partial charge on any atom is 0.161 e. The van der Waals surface area contributed by atoms with E-state index in [0.29, 0.717) is 18.8 Å². The second-order valence-electron chi connectivity index (χ2n) is 5.36. The Morgan fingerprint density at radius 3 is 2.43 bits per heavy atom. The molecular formula is C18H20O3. The molecule has 0 saturated heterocycles. The lowest BCUT2D eigenvalue weighted by Gasteiger charge is -2.29. The zero-order chi connectivity index (χ0) is 14.7. The summed E-state index contributed by atoms with van der Waals surface area (Å²) < 4.78 is 11.5. The number of hydrogen-bond donors (Lipinski definition) is 1. The monoisotopic (exact) mass is 284 g/mol. The van der Waals surface area contributed by atoms with Gasteiger partial charge in [0.25, 0.3) is 0 Å². The largest absolute Gasteiger partial charge is 0.486 e. The molecular weight excluding hydrogens is 264 g/mol. The molecule has 1 N–H and O–H groups in total. The molecule has 0 radical (unpaired) electrons. The van der Waals surface area contributed by atoms with Gasteiger partial charge in [0, 0.05) is 6.42 Å². The molecule has 3 heteroatoms. The van der Waals surface area contributed by atoms with Crippen molar-refractivity contribution in [1.82, 2.24) is 0 Å². The molecule has 0 saturated carbocycles. The van der Waals surface area contributed by atoms with Gasteiger partial charge in [0.1, 0.15) is 6.61 Å². The van der Waals surface area contributed by atoms with Crippen LogP contribution in [0.1, 0.15) is 18.1 Å². The van der Waals surface area contributed by atoms with Crippen molar-refractivity contribution in [1.29, 1.82) is 0 Å². The molecule has 2 aromatic carbocycles.